The molecule has 1 aliphatic carbocycles. The average molecular weight is 322 g/mol. The number of hydrogen-bond acceptors (Lipinski definition) is 3. The summed E-state index contributed by atoms with van der Waals surface area (Å²) in [6.07, 6.45) is 4.00. The van der Waals surface area contributed by atoms with Gasteiger partial charge < -0.3 is 10.1 Å². The van der Waals surface area contributed by atoms with Crippen molar-refractivity contribution < 1.29 is 13.9 Å². The Balaban J connectivity index is 1.99. The minimum Gasteiger partial charge on any atom is -0.444 e. The number of halogens is 1. The molecule has 0 aliphatic heterocycles. The van der Waals surface area contributed by atoms with Crippen LogP contribution in [-0.2, 0) is 4.74 Å². The van der Waals surface area contributed by atoms with E-state index in [2.05, 4.69) is 17.6 Å². The molecule has 0 saturated heterocycles. The molecule has 1 amide bonds. The lowest BCUT2D eigenvalue weighted by Gasteiger charge is -2.28. The number of carbonyl (C=O) groups excluding carboxylic acids is 1. The van der Waals surface area contributed by atoms with Gasteiger partial charge >= 0.3 is 6.09 Å². The smallest absolute Gasteiger partial charge is 0.412 e. The molecule has 1 saturated carbocycles. The predicted octanol–water partition coefficient (Wildman–Crippen LogP) is 5.16. The van der Waals surface area contributed by atoms with Gasteiger partial charge in [0.2, 0.25) is 0 Å². The van der Waals surface area contributed by atoms with Crippen molar-refractivity contribution in [3.8, 4) is 0 Å². The molecule has 0 bridgehead atoms. The fraction of sp³-hybridized carbons (Fsp3) is 0.611. The van der Waals surface area contributed by atoms with E-state index in [0.717, 1.165) is 24.4 Å². The second-order valence-electron chi connectivity index (χ2n) is 7.42. The summed E-state index contributed by atoms with van der Waals surface area (Å²) >= 11 is 0. The van der Waals surface area contributed by atoms with Crippen LogP contribution < -0.4 is 10.6 Å². The van der Waals surface area contributed by atoms with Crippen molar-refractivity contribution in [2.45, 2.75) is 65.0 Å². The Kier molecular flexibility index (Phi) is 5.50. The number of amides is 1. The van der Waals surface area contributed by atoms with Crippen molar-refractivity contribution >= 4 is 17.5 Å². The van der Waals surface area contributed by atoms with Crippen LogP contribution in [0.25, 0.3) is 0 Å². The molecule has 2 N–H and O–H groups in total. The number of benzene rings is 1. The number of anilines is 2. The summed E-state index contributed by atoms with van der Waals surface area (Å²) in [7, 11) is 0. The number of ether oxygens (including phenoxy) is 1. The van der Waals surface area contributed by atoms with E-state index in [1.165, 1.54) is 18.9 Å². The largest absolute Gasteiger partial charge is 0.444 e. The predicted molar refractivity (Wildman–Crippen MR) is 91.3 cm³/mol. The van der Waals surface area contributed by atoms with Gasteiger partial charge in [-0.2, -0.15) is 0 Å². The highest BCUT2D eigenvalue weighted by Crippen LogP contribution is 2.27. The molecule has 0 atom stereocenters. The number of rotatable bonds is 3. The van der Waals surface area contributed by atoms with Gasteiger partial charge in [-0.25, -0.2) is 9.18 Å². The maximum Gasteiger partial charge on any atom is 0.412 e. The van der Waals surface area contributed by atoms with Crippen molar-refractivity contribution in [3.05, 3.63) is 24.0 Å². The van der Waals surface area contributed by atoms with Crippen molar-refractivity contribution in [2.24, 2.45) is 5.92 Å². The molecular weight excluding hydrogens is 295 g/mol. The molecule has 1 fully saturated rings. The van der Waals surface area contributed by atoms with Crippen molar-refractivity contribution in [1.29, 1.82) is 0 Å². The molecule has 0 spiro atoms. The first-order chi connectivity index (χ1) is 10.7. The first-order valence-electron chi connectivity index (χ1n) is 8.29. The molecule has 1 aliphatic rings. The molecule has 23 heavy (non-hydrogen) atoms. The van der Waals surface area contributed by atoms with Gasteiger partial charge in [0.05, 0.1) is 5.69 Å². The molecule has 0 unspecified atom stereocenters. The first kappa shape index (κ1) is 17.6. The van der Waals surface area contributed by atoms with E-state index in [4.69, 9.17) is 4.74 Å². The maximum absolute atomic E-state index is 13.9. The number of carbonyl (C=O) groups is 1. The first-order valence-corrected chi connectivity index (χ1v) is 8.29. The highest BCUT2D eigenvalue weighted by molar-refractivity contribution is 5.85. The normalized spacial score (nSPS) is 21.6. The van der Waals surface area contributed by atoms with Gasteiger partial charge in [0, 0.05) is 11.7 Å². The van der Waals surface area contributed by atoms with Gasteiger partial charge in [0.15, 0.2) is 0 Å². The van der Waals surface area contributed by atoms with E-state index in [9.17, 15) is 9.18 Å². The van der Waals surface area contributed by atoms with Crippen LogP contribution in [0.5, 0.6) is 0 Å². The van der Waals surface area contributed by atoms with E-state index in [1.807, 2.05) is 0 Å². The standard InChI is InChI=1S/C18H27FN2O2/c1-12-5-7-13(8-6-12)20-14-9-10-15(19)16(11-14)21-17(22)23-18(2,3)4/h9-13,20H,5-8H2,1-4H3,(H,21,22). The van der Waals surface area contributed by atoms with Crippen molar-refractivity contribution in [2.75, 3.05) is 10.6 Å². The molecule has 1 aromatic carbocycles. The Morgan fingerprint density at radius 3 is 2.48 bits per heavy atom. The zero-order valence-electron chi connectivity index (χ0n) is 14.4. The Labute approximate surface area is 137 Å². The second kappa shape index (κ2) is 7.20. The lowest BCUT2D eigenvalue weighted by molar-refractivity contribution is 0.0635. The van der Waals surface area contributed by atoms with E-state index >= 15 is 0 Å². The average Bonchev–Trinajstić information content (AvgIpc) is 2.43. The van der Waals surface area contributed by atoms with Gasteiger partial charge in [-0.3, -0.25) is 5.32 Å². The van der Waals surface area contributed by atoms with Crippen LogP contribution in [0.4, 0.5) is 20.6 Å². The SMILES string of the molecule is CC1CCC(Nc2ccc(F)c(NC(=O)OC(C)(C)C)c2)CC1. The number of nitrogens with one attached hydrogen (secondary N) is 2. The van der Waals surface area contributed by atoms with Crippen molar-refractivity contribution in [3.63, 3.8) is 0 Å². The fourth-order valence-electron chi connectivity index (χ4n) is 2.76. The van der Waals surface area contributed by atoms with Crippen LogP contribution in [0.3, 0.4) is 0 Å². The Bertz CT molecular complexity index is 546. The summed E-state index contributed by atoms with van der Waals surface area (Å²) in [6.45, 7) is 7.58. The molecule has 0 aromatic heterocycles. The molecule has 0 heterocycles. The Hall–Kier alpha value is -1.78. The van der Waals surface area contributed by atoms with Crippen LogP contribution in [0, 0.1) is 11.7 Å². The third kappa shape index (κ3) is 5.73. The zero-order valence-corrected chi connectivity index (χ0v) is 14.4. The molecule has 1 aromatic rings. The Morgan fingerprint density at radius 1 is 1.22 bits per heavy atom. The molecule has 2 rings (SSSR count). The van der Waals surface area contributed by atoms with E-state index < -0.39 is 17.5 Å². The van der Waals surface area contributed by atoms with Crippen LogP contribution in [0.2, 0.25) is 0 Å². The van der Waals surface area contributed by atoms with Gasteiger partial charge in [-0.1, -0.05) is 6.92 Å². The zero-order chi connectivity index (χ0) is 17.0. The van der Waals surface area contributed by atoms with Crippen LogP contribution in [-0.4, -0.2) is 17.7 Å². The molecule has 128 valence electrons. The summed E-state index contributed by atoms with van der Waals surface area (Å²) in [5.41, 5.74) is 0.334. The van der Waals surface area contributed by atoms with Gasteiger partial charge in [-0.15, -0.1) is 0 Å². The highest BCUT2D eigenvalue weighted by atomic mass is 19.1. The summed E-state index contributed by atoms with van der Waals surface area (Å²) < 4.78 is 19.1. The van der Waals surface area contributed by atoms with Crippen molar-refractivity contribution in [1.82, 2.24) is 0 Å². The summed E-state index contributed by atoms with van der Waals surface area (Å²) in [4.78, 5) is 11.8. The summed E-state index contributed by atoms with van der Waals surface area (Å²) in [6, 6.07) is 5.09. The second-order valence-corrected chi connectivity index (χ2v) is 7.42. The molecule has 5 heteroatoms. The molecule has 4 nitrogen and oxygen atoms in total. The van der Waals surface area contributed by atoms with Gasteiger partial charge in [-0.05, 0) is 70.6 Å². The maximum atomic E-state index is 13.9. The fourth-order valence-corrected chi connectivity index (χ4v) is 2.76. The van der Waals surface area contributed by atoms with Gasteiger partial charge in [0.25, 0.3) is 0 Å². The minimum absolute atomic E-state index is 0.133. The quantitative estimate of drug-likeness (QED) is 0.808. The topological polar surface area (TPSA) is 50.4 Å². The van der Waals surface area contributed by atoms with Crippen LogP contribution in [0.15, 0.2) is 18.2 Å². The molecule has 0 radical (unpaired) electrons. The third-order valence-electron chi connectivity index (χ3n) is 3.99. The Morgan fingerprint density at radius 2 is 1.87 bits per heavy atom. The highest BCUT2D eigenvalue weighted by Gasteiger charge is 2.20. The third-order valence-corrected chi connectivity index (χ3v) is 3.99. The van der Waals surface area contributed by atoms with E-state index in [0.29, 0.717) is 6.04 Å². The molecular formula is C18H27FN2O2. The van der Waals surface area contributed by atoms with Gasteiger partial charge in [0.1, 0.15) is 11.4 Å². The lowest BCUT2D eigenvalue weighted by Crippen LogP contribution is -2.27. The minimum atomic E-state index is -0.653. The monoisotopic (exact) mass is 322 g/mol. The van der Waals surface area contributed by atoms with Crippen LogP contribution >= 0.6 is 0 Å². The van der Waals surface area contributed by atoms with Crippen LogP contribution in [0.1, 0.15) is 53.4 Å². The van der Waals surface area contributed by atoms with E-state index in [1.54, 1.807) is 32.9 Å². The summed E-state index contributed by atoms with van der Waals surface area (Å²) in [5, 5.41) is 5.91. The summed E-state index contributed by atoms with van der Waals surface area (Å²) in [5.74, 6) is 0.310. The number of hydrogen-bond donors (Lipinski definition) is 2. The van der Waals surface area contributed by atoms with E-state index in [-0.39, 0.29) is 5.69 Å². The lowest BCUT2D eigenvalue weighted by atomic mass is 9.87.